The molecule has 1 fully saturated rings. The zero-order chi connectivity index (χ0) is 14.7. The lowest BCUT2D eigenvalue weighted by Crippen LogP contribution is -2.25. The highest BCUT2D eigenvalue weighted by Crippen LogP contribution is 2.39. The summed E-state index contributed by atoms with van der Waals surface area (Å²) in [7, 11) is 0. The van der Waals surface area contributed by atoms with Crippen LogP contribution in [-0.2, 0) is 4.74 Å². The first kappa shape index (κ1) is 15.2. The molecule has 1 amide bonds. The molecule has 1 aliphatic rings. The Bertz CT molecular complexity index is 524. The fourth-order valence-electron chi connectivity index (χ4n) is 1.70. The second kappa shape index (κ2) is 6.49. The largest absolute Gasteiger partial charge is 0.462 e. The highest BCUT2D eigenvalue weighted by atomic mass is 32.2. The molecule has 110 valence electrons. The van der Waals surface area contributed by atoms with Crippen molar-refractivity contribution in [3.8, 4) is 0 Å². The number of esters is 1. The van der Waals surface area contributed by atoms with Crippen LogP contribution in [0.2, 0.25) is 0 Å². The van der Waals surface area contributed by atoms with Gasteiger partial charge >= 0.3 is 5.97 Å². The molecule has 0 atom stereocenters. The lowest BCUT2D eigenvalue weighted by atomic mass is 10.2. The molecule has 1 aliphatic carbocycles. The number of ether oxygens (including phenoxy) is 1. The molecule has 3 N–H and O–H groups in total. The molecular formula is C13H18N2O3S2. The zero-order valence-corrected chi connectivity index (χ0v) is 13.2. The quantitative estimate of drug-likeness (QED) is 0.623. The fraction of sp³-hybridized carbons (Fsp3) is 0.538. The van der Waals surface area contributed by atoms with Gasteiger partial charge in [-0.3, -0.25) is 4.79 Å². The number of nitrogen functional groups attached to an aromatic ring is 1. The molecule has 5 nitrogen and oxygen atoms in total. The third-order valence-electron chi connectivity index (χ3n) is 2.79. The van der Waals surface area contributed by atoms with Crippen LogP contribution in [0.3, 0.4) is 0 Å². The van der Waals surface area contributed by atoms with E-state index in [0.717, 1.165) is 22.8 Å². The molecule has 1 aromatic heterocycles. The van der Waals surface area contributed by atoms with E-state index < -0.39 is 5.97 Å². The van der Waals surface area contributed by atoms with Crippen molar-refractivity contribution in [2.24, 2.45) is 0 Å². The first-order valence-corrected chi connectivity index (χ1v) is 8.41. The molecule has 20 heavy (non-hydrogen) atoms. The van der Waals surface area contributed by atoms with E-state index in [1.807, 2.05) is 6.92 Å². The topological polar surface area (TPSA) is 81.4 Å². The summed E-state index contributed by atoms with van der Waals surface area (Å²) in [4.78, 5) is 24.5. The van der Waals surface area contributed by atoms with Crippen molar-refractivity contribution in [2.75, 3.05) is 18.1 Å². The van der Waals surface area contributed by atoms with Crippen LogP contribution in [0.4, 0.5) is 5.69 Å². The maximum Gasteiger partial charge on any atom is 0.342 e. The zero-order valence-electron chi connectivity index (χ0n) is 11.5. The van der Waals surface area contributed by atoms with Crippen molar-refractivity contribution in [1.29, 1.82) is 0 Å². The Balaban J connectivity index is 2.30. The number of nitrogens with two attached hydrogens (primary N) is 1. The highest BCUT2D eigenvalue weighted by Gasteiger charge is 2.29. The predicted octanol–water partition coefficient (Wildman–Crippen LogP) is 2.51. The van der Waals surface area contributed by atoms with Crippen molar-refractivity contribution < 1.29 is 14.3 Å². The normalized spacial score (nSPS) is 14.1. The Morgan fingerprint density at radius 1 is 1.45 bits per heavy atom. The number of thioether (sulfide) groups is 1. The fourth-order valence-corrected chi connectivity index (χ4v) is 3.98. The number of hydrogen-bond donors (Lipinski definition) is 2. The van der Waals surface area contributed by atoms with E-state index in [0.29, 0.717) is 10.4 Å². The van der Waals surface area contributed by atoms with Gasteiger partial charge in [-0.2, -0.15) is 0 Å². The minimum Gasteiger partial charge on any atom is -0.462 e. The number of carbonyl (C=O) groups excluding carboxylic acids is 2. The molecule has 2 rings (SSSR count). The predicted molar refractivity (Wildman–Crippen MR) is 81.6 cm³/mol. The Kier molecular flexibility index (Phi) is 4.93. The van der Waals surface area contributed by atoms with Crippen molar-refractivity contribution in [2.45, 2.75) is 36.9 Å². The van der Waals surface area contributed by atoms with Gasteiger partial charge in [0, 0.05) is 6.04 Å². The van der Waals surface area contributed by atoms with E-state index >= 15 is 0 Å². The first-order valence-electron chi connectivity index (χ1n) is 6.61. The van der Waals surface area contributed by atoms with E-state index in [4.69, 9.17) is 10.5 Å². The van der Waals surface area contributed by atoms with E-state index in [2.05, 4.69) is 5.32 Å². The standard InChI is InChI=1S/C13H18N2O3S2/c1-3-18-12(17)8-9(14)10(20-13(8)19-4-2)11(16)15-7-5-6-7/h7H,3-6,14H2,1-2H3,(H,15,16). The van der Waals surface area contributed by atoms with Crippen LogP contribution in [0, 0.1) is 0 Å². The Morgan fingerprint density at radius 3 is 2.70 bits per heavy atom. The lowest BCUT2D eigenvalue weighted by Gasteiger charge is -2.04. The average Bonchev–Trinajstić information content (AvgIpc) is 3.13. The van der Waals surface area contributed by atoms with Gasteiger partial charge in [-0.1, -0.05) is 6.92 Å². The third-order valence-corrected chi connectivity index (χ3v) is 5.14. The number of thiophene rings is 1. The van der Waals surface area contributed by atoms with Gasteiger partial charge in [0.25, 0.3) is 5.91 Å². The smallest absolute Gasteiger partial charge is 0.342 e. The maximum absolute atomic E-state index is 12.1. The summed E-state index contributed by atoms with van der Waals surface area (Å²) in [5.74, 6) is 0.155. The number of amides is 1. The van der Waals surface area contributed by atoms with E-state index in [9.17, 15) is 9.59 Å². The van der Waals surface area contributed by atoms with Gasteiger partial charge < -0.3 is 15.8 Å². The summed E-state index contributed by atoms with van der Waals surface area (Å²) in [6, 6.07) is 0.261. The van der Waals surface area contributed by atoms with E-state index in [-0.39, 0.29) is 24.2 Å². The monoisotopic (exact) mass is 314 g/mol. The Morgan fingerprint density at radius 2 is 2.15 bits per heavy atom. The summed E-state index contributed by atoms with van der Waals surface area (Å²) in [6.07, 6.45) is 2.02. The van der Waals surface area contributed by atoms with Crippen LogP contribution in [0.25, 0.3) is 0 Å². The molecule has 0 radical (unpaired) electrons. The molecule has 0 aliphatic heterocycles. The number of nitrogens with one attached hydrogen (secondary N) is 1. The second-order valence-corrected chi connectivity index (χ2v) is 6.96. The van der Waals surface area contributed by atoms with Gasteiger partial charge in [0.1, 0.15) is 10.4 Å². The summed E-state index contributed by atoms with van der Waals surface area (Å²) in [5.41, 5.74) is 6.57. The summed E-state index contributed by atoms with van der Waals surface area (Å²) in [6.45, 7) is 4.02. The minimum atomic E-state index is -0.456. The molecule has 0 saturated heterocycles. The minimum absolute atomic E-state index is 0.191. The highest BCUT2D eigenvalue weighted by molar-refractivity contribution is 8.01. The number of carbonyl (C=O) groups is 2. The number of anilines is 1. The van der Waals surface area contributed by atoms with Crippen molar-refractivity contribution in [1.82, 2.24) is 5.32 Å². The van der Waals surface area contributed by atoms with Crippen molar-refractivity contribution in [3.05, 3.63) is 10.4 Å². The van der Waals surface area contributed by atoms with Crippen LogP contribution < -0.4 is 11.1 Å². The molecule has 1 saturated carbocycles. The van der Waals surface area contributed by atoms with Gasteiger partial charge in [-0.25, -0.2) is 4.79 Å². The molecule has 0 aromatic carbocycles. The van der Waals surface area contributed by atoms with Gasteiger partial charge in [-0.05, 0) is 25.5 Å². The molecule has 1 heterocycles. The molecule has 1 aromatic rings. The first-order chi connectivity index (χ1) is 9.58. The van der Waals surface area contributed by atoms with Gasteiger partial charge in [0.15, 0.2) is 0 Å². The SMILES string of the molecule is CCOC(=O)c1c(SCC)sc(C(=O)NC2CC2)c1N. The van der Waals surface area contributed by atoms with Crippen molar-refractivity contribution >= 4 is 40.7 Å². The lowest BCUT2D eigenvalue weighted by molar-refractivity contribution is 0.0524. The van der Waals surface area contributed by atoms with Crippen molar-refractivity contribution in [3.63, 3.8) is 0 Å². The Labute approximate surface area is 126 Å². The second-order valence-electron chi connectivity index (χ2n) is 4.41. The van der Waals surface area contributed by atoms with Crippen LogP contribution in [-0.4, -0.2) is 30.3 Å². The van der Waals surface area contributed by atoms with Gasteiger partial charge in [0.2, 0.25) is 0 Å². The Hall–Kier alpha value is -1.21. The molecule has 7 heteroatoms. The molecular weight excluding hydrogens is 296 g/mol. The van der Waals surface area contributed by atoms with Gasteiger partial charge in [-0.15, -0.1) is 23.1 Å². The van der Waals surface area contributed by atoms with Crippen LogP contribution in [0.5, 0.6) is 0 Å². The maximum atomic E-state index is 12.1. The summed E-state index contributed by atoms with van der Waals surface area (Å²) in [5, 5.41) is 2.89. The average molecular weight is 314 g/mol. The summed E-state index contributed by atoms with van der Waals surface area (Å²) < 4.78 is 5.78. The number of rotatable bonds is 6. The van der Waals surface area contributed by atoms with E-state index in [1.54, 1.807) is 6.92 Å². The number of hydrogen-bond acceptors (Lipinski definition) is 6. The van der Waals surface area contributed by atoms with Crippen LogP contribution in [0.1, 0.15) is 46.7 Å². The summed E-state index contributed by atoms with van der Waals surface area (Å²) >= 11 is 2.77. The molecule has 0 spiro atoms. The third kappa shape index (κ3) is 3.27. The van der Waals surface area contributed by atoms with E-state index in [1.165, 1.54) is 23.1 Å². The molecule has 0 unspecified atom stereocenters. The van der Waals surface area contributed by atoms with Gasteiger partial charge in [0.05, 0.1) is 16.5 Å². The molecule has 0 bridgehead atoms. The van der Waals surface area contributed by atoms with Crippen LogP contribution >= 0.6 is 23.1 Å². The van der Waals surface area contributed by atoms with Crippen LogP contribution in [0.15, 0.2) is 4.21 Å².